The van der Waals surface area contributed by atoms with E-state index in [0.29, 0.717) is 0 Å². The lowest BCUT2D eigenvalue weighted by molar-refractivity contribution is 0.419. The van der Waals surface area contributed by atoms with Gasteiger partial charge in [0.1, 0.15) is 11.3 Å². The van der Waals surface area contributed by atoms with Crippen molar-refractivity contribution in [2.24, 2.45) is 0 Å². The number of ether oxygens (including phenoxy) is 1. The molecule has 2 aromatic rings. The first-order chi connectivity index (χ1) is 7.35. The maximum atomic E-state index is 5.26. The summed E-state index contributed by atoms with van der Waals surface area (Å²) >= 11 is 0. The number of hydrogen-bond donors (Lipinski definition) is 0. The number of methoxy groups -OCH3 is 1. The Bertz CT molecular complexity index is 465. The van der Waals surface area contributed by atoms with Crippen molar-refractivity contribution in [2.75, 3.05) is 7.11 Å². The van der Waals surface area contributed by atoms with Crippen LogP contribution >= 0.6 is 0 Å². The molecule has 0 saturated carbocycles. The monoisotopic (exact) mass is 201 g/mol. The van der Waals surface area contributed by atoms with Crippen molar-refractivity contribution in [3.63, 3.8) is 0 Å². The zero-order valence-corrected chi connectivity index (χ0v) is 9.16. The first-order valence-corrected chi connectivity index (χ1v) is 5.26. The van der Waals surface area contributed by atoms with E-state index in [4.69, 9.17) is 4.74 Å². The van der Waals surface area contributed by atoms with Crippen LogP contribution in [0.5, 0.6) is 5.75 Å². The summed E-state index contributed by atoms with van der Waals surface area (Å²) in [5, 5.41) is 1.15. The molecule has 0 amide bonds. The van der Waals surface area contributed by atoms with Gasteiger partial charge in [0, 0.05) is 11.6 Å². The molecule has 0 saturated heterocycles. The lowest BCUT2D eigenvalue weighted by atomic mass is 10.1. The second-order valence-corrected chi connectivity index (χ2v) is 3.63. The van der Waals surface area contributed by atoms with Crippen LogP contribution in [0.2, 0.25) is 0 Å². The van der Waals surface area contributed by atoms with Gasteiger partial charge in [-0.25, -0.2) is 0 Å². The normalized spacial score (nSPS) is 10.5. The molecule has 1 aromatic carbocycles. The zero-order valence-electron chi connectivity index (χ0n) is 9.16. The van der Waals surface area contributed by atoms with E-state index in [9.17, 15) is 0 Å². The predicted octanol–water partition coefficient (Wildman–Crippen LogP) is 3.20. The molecular formula is C13H15NO. The zero-order chi connectivity index (χ0) is 10.7. The highest BCUT2D eigenvalue weighted by Gasteiger charge is 2.02. The first-order valence-electron chi connectivity index (χ1n) is 5.26. The molecule has 2 heteroatoms. The molecule has 0 fully saturated rings. The van der Waals surface area contributed by atoms with Gasteiger partial charge in [0.25, 0.3) is 0 Å². The lowest BCUT2D eigenvalue weighted by Crippen LogP contribution is -1.90. The summed E-state index contributed by atoms with van der Waals surface area (Å²) in [6.07, 6.45) is 4.17. The quantitative estimate of drug-likeness (QED) is 0.760. The van der Waals surface area contributed by atoms with Gasteiger partial charge in [-0.3, -0.25) is 4.98 Å². The van der Waals surface area contributed by atoms with Crippen molar-refractivity contribution < 1.29 is 4.74 Å². The van der Waals surface area contributed by atoms with Crippen molar-refractivity contribution >= 4 is 10.9 Å². The summed E-state index contributed by atoms with van der Waals surface area (Å²) < 4.78 is 5.26. The van der Waals surface area contributed by atoms with Crippen LogP contribution < -0.4 is 4.74 Å². The highest BCUT2D eigenvalue weighted by Crippen LogP contribution is 2.23. The Morgan fingerprint density at radius 2 is 2.20 bits per heavy atom. The van der Waals surface area contributed by atoms with Gasteiger partial charge in [0.05, 0.1) is 7.11 Å². The van der Waals surface area contributed by atoms with E-state index in [-0.39, 0.29) is 0 Å². The second kappa shape index (κ2) is 4.30. The number of pyridine rings is 1. The van der Waals surface area contributed by atoms with Crippen LogP contribution in [-0.4, -0.2) is 12.1 Å². The summed E-state index contributed by atoms with van der Waals surface area (Å²) in [6, 6.07) is 8.20. The fraction of sp³-hybridized carbons (Fsp3) is 0.308. The predicted molar refractivity (Wildman–Crippen MR) is 62.3 cm³/mol. The lowest BCUT2D eigenvalue weighted by Gasteiger charge is -2.05. The molecule has 0 aliphatic carbocycles. The Morgan fingerprint density at radius 3 is 2.93 bits per heavy atom. The van der Waals surface area contributed by atoms with Crippen LogP contribution in [0, 0.1) is 0 Å². The van der Waals surface area contributed by atoms with Crippen LogP contribution in [0.25, 0.3) is 10.9 Å². The van der Waals surface area contributed by atoms with Crippen LogP contribution in [-0.2, 0) is 6.42 Å². The van der Waals surface area contributed by atoms with Crippen molar-refractivity contribution in [2.45, 2.75) is 19.8 Å². The molecule has 2 nitrogen and oxygen atoms in total. The summed E-state index contributed by atoms with van der Waals surface area (Å²) in [5.41, 5.74) is 2.23. The van der Waals surface area contributed by atoms with Crippen LogP contribution in [0.1, 0.15) is 18.9 Å². The van der Waals surface area contributed by atoms with Gasteiger partial charge < -0.3 is 4.74 Å². The van der Waals surface area contributed by atoms with E-state index in [2.05, 4.69) is 24.0 Å². The topological polar surface area (TPSA) is 22.1 Å². The molecule has 0 unspecified atom stereocenters. The number of nitrogens with zero attached hydrogens (tertiary/aromatic N) is 1. The molecule has 0 N–H and O–H groups in total. The smallest absolute Gasteiger partial charge is 0.145 e. The van der Waals surface area contributed by atoms with E-state index < -0.39 is 0 Å². The van der Waals surface area contributed by atoms with Gasteiger partial charge in [-0.05, 0) is 24.1 Å². The highest BCUT2D eigenvalue weighted by atomic mass is 16.5. The van der Waals surface area contributed by atoms with Gasteiger partial charge in [-0.1, -0.05) is 25.5 Å². The van der Waals surface area contributed by atoms with Gasteiger partial charge in [0.15, 0.2) is 0 Å². The number of aromatic nitrogens is 1. The van der Waals surface area contributed by atoms with Crippen molar-refractivity contribution in [3.8, 4) is 5.75 Å². The van der Waals surface area contributed by atoms with Crippen molar-refractivity contribution in [1.29, 1.82) is 0 Å². The molecule has 0 radical (unpaired) electrons. The Hall–Kier alpha value is -1.57. The van der Waals surface area contributed by atoms with Crippen molar-refractivity contribution in [1.82, 2.24) is 4.98 Å². The van der Waals surface area contributed by atoms with E-state index >= 15 is 0 Å². The van der Waals surface area contributed by atoms with E-state index in [0.717, 1.165) is 29.5 Å². The van der Waals surface area contributed by atoms with Gasteiger partial charge in [-0.2, -0.15) is 0 Å². The third-order valence-corrected chi connectivity index (χ3v) is 2.49. The molecule has 0 atom stereocenters. The summed E-state index contributed by atoms with van der Waals surface area (Å²) in [6.45, 7) is 2.18. The molecule has 0 aliphatic heterocycles. The Labute approximate surface area is 89.9 Å². The molecule has 1 aromatic heterocycles. The third-order valence-electron chi connectivity index (χ3n) is 2.49. The molecule has 0 aliphatic rings. The first kappa shape index (κ1) is 9.97. The summed E-state index contributed by atoms with van der Waals surface area (Å²) in [5.74, 6) is 0.843. The average Bonchev–Trinajstić information content (AvgIpc) is 2.28. The number of para-hydroxylation sites is 1. The van der Waals surface area contributed by atoms with Gasteiger partial charge >= 0.3 is 0 Å². The molecule has 15 heavy (non-hydrogen) atoms. The highest BCUT2D eigenvalue weighted by molar-refractivity contribution is 5.84. The van der Waals surface area contributed by atoms with Gasteiger partial charge in [-0.15, -0.1) is 0 Å². The molecule has 2 rings (SSSR count). The Kier molecular flexibility index (Phi) is 2.86. The van der Waals surface area contributed by atoms with Crippen LogP contribution in [0.4, 0.5) is 0 Å². The number of benzene rings is 1. The summed E-state index contributed by atoms with van der Waals surface area (Å²) in [4.78, 5) is 4.45. The number of aryl methyl sites for hydroxylation is 1. The fourth-order valence-electron chi connectivity index (χ4n) is 1.77. The second-order valence-electron chi connectivity index (χ2n) is 3.63. The Balaban J connectivity index is 2.53. The minimum Gasteiger partial charge on any atom is -0.494 e. The van der Waals surface area contributed by atoms with E-state index in [1.54, 1.807) is 7.11 Å². The van der Waals surface area contributed by atoms with Crippen LogP contribution in [0.3, 0.4) is 0 Å². The fourth-order valence-corrected chi connectivity index (χ4v) is 1.77. The number of fused-ring (bicyclic) bond motifs is 1. The Morgan fingerprint density at radius 1 is 1.33 bits per heavy atom. The average molecular weight is 201 g/mol. The number of hydrogen-bond acceptors (Lipinski definition) is 2. The van der Waals surface area contributed by atoms with E-state index in [1.807, 2.05) is 18.3 Å². The SMILES string of the molecule is CCCc1cnc2c(OC)cccc2c1. The molecule has 0 bridgehead atoms. The third kappa shape index (κ3) is 1.94. The maximum Gasteiger partial charge on any atom is 0.145 e. The van der Waals surface area contributed by atoms with Crippen molar-refractivity contribution in [3.05, 3.63) is 36.0 Å². The molecule has 78 valence electrons. The summed E-state index contributed by atoms with van der Waals surface area (Å²) in [7, 11) is 1.68. The molecule has 1 heterocycles. The molecular weight excluding hydrogens is 186 g/mol. The number of rotatable bonds is 3. The standard InChI is InChI=1S/C13H15NO/c1-3-5-10-8-11-6-4-7-12(15-2)13(11)14-9-10/h4,6-9H,3,5H2,1-2H3. The van der Waals surface area contributed by atoms with E-state index in [1.165, 1.54) is 5.56 Å². The molecule has 0 spiro atoms. The largest absolute Gasteiger partial charge is 0.494 e. The minimum absolute atomic E-state index is 0.843. The minimum atomic E-state index is 0.843. The maximum absolute atomic E-state index is 5.26. The van der Waals surface area contributed by atoms with Gasteiger partial charge in [0.2, 0.25) is 0 Å². The van der Waals surface area contributed by atoms with Crippen LogP contribution in [0.15, 0.2) is 30.5 Å².